The summed E-state index contributed by atoms with van der Waals surface area (Å²) < 4.78 is 14.2. The molecule has 0 heterocycles. The lowest BCUT2D eigenvalue weighted by Crippen LogP contribution is -2.37. The van der Waals surface area contributed by atoms with Crippen LogP contribution in [0.25, 0.3) is 0 Å². The van der Waals surface area contributed by atoms with E-state index in [9.17, 15) is 14.3 Å². The zero-order valence-corrected chi connectivity index (χ0v) is 13.5. The van der Waals surface area contributed by atoms with E-state index in [4.69, 9.17) is 0 Å². The lowest BCUT2D eigenvalue weighted by atomic mass is 10.1. The van der Waals surface area contributed by atoms with E-state index in [1.54, 1.807) is 19.9 Å². The summed E-state index contributed by atoms with van der Waals surface area (Å²) in [6, 6.07) is 4.48. The van der Waals surface area contributed by atoms with E-state index in [1.807, 2.05) is 11.9 Å². The van der Waals surface area contributed by atoms with Gasteiger partial charge in [0.1, 0.15) is 5.82 Å². The van der Waals surface area contributed by atoms with Gasteiger partial charge in [0.05, 0.1) is 11.3 Å². The Kier molecular flexibility index (Phi) is 6.10. The molecule has 1 aromatic rings. The van der Waals surface area contributed by atoms with E-state index in [2.05, 4.69) is 21.2 Å². The highest BCUT2D eigenvalue weighted by molar-refractivity contribution is 9.10. The lowest BCUT2D eigenvalue weighted by molar-refractivity contribution is -0.116. The summed E-state index contributed by atoms with van der Waals surface area (Å²) in [4.78, 5) is 13.6. The van der Waals surface area contributed by atoms with E-state index in [1.165, 1.54) is 12.1 Å². The van der Waals surface area contributed by atoms with E-state index >= 15 is 0 Å². The zero-order chi connectivity index (χ0) is 15.3. The molecule has 0 bridgehead atoms. The van der Waals surface area contributed by atoms with Crippen LogP contribution in [0.1, 0.15) is 20.3 Å². The summed E-state index contributed by atoms with van der Waals surface area (Å²) in [5, 5.41) is 12.2. The van der Waals surface area contributed by atoms with E-state index in [0.29, 0.717) is 17.6 Å². The van der Waals surface area contributed by atoms with Gasteiger partial charge in [-0.15, -0.1) is 0 Å². The SMILES string of the molecule is CN(CCC(=O)Nc1ccc(Br)cc1F)CC(C)(C)O. The van der Waals surface area contributed by atoms with Gasteiger partial charge in [-0.25, -0.2) is 4.39 Å². The number of hydrogen-bond acceptors (Lipinski definition) is 3. The number of aliphatic hydroxyl groups is 1. The average molecular weight is 347 g/mol. The van der Waals surface area contributed by atoms with Crippen LogP contribution in [-0.2, 0) is 4.79 Å². The van der Waals surface area contributed by atoms with Gasteiger partial charge in [-0.3, -0.25) is 4.79 Å². The molecule has 112 valence electrons. The molecule has 6 heteroatoms. The Morgan fingerprint density at radius 3 is 2.70 bits per heavy atom. The highest BCUT2D eigenvalue weighted by atomic mass is 79.9. The number of carbonyl (C=O) groups is 1. The Labute approximate surface area is 127 Å². The maximum absolute atomic E-state index is 13.5. The summed E-state index contributed by atoms with van der Waals surface area (Å²) in [5.41, 5.74) is -0.633. The smallest absolute Gasteiger partial charge is 0.225 e. The quantitative estimate of drug-likeness (QED) is 0.832. The summed E-state index contributed by atoms with van der Waals surface area (Å²) in [6.07, 6.45) is 0.238. The molecule has 0 spiro atoms. The molecule has 0 unspecified atom stereocenters. The first kappa shape index (κ1) is 17.1. The van der Waals surface area contributed by atoms with Crippen LogP contribution in [0.3, 0.4) is 0 Å². The minimum absolute atomic E-state index is 0.170. The molecule has 0 aliphatic rings. The lowest BCUT2D eigenvalue weighted by Gasteiger charge is -2.25. The van der Waals surface area contributed by atoms with Crippen molar-refractivity contribution in [2.45, 2.75) is 25.9 Å². The van der Waals surface area contributed by atoms with E-state index < -0.39 is 11.4 Å². The number of anilines is 1. The Balaban J connectivity index is 2.44. The topological polar surface area (TPSA) is 52.6 Å². The molecule has 2 N–H and O–H groups in total. The van der Waals surface area contributed by atoms with Crippen LogP contribution >= 0.6 is 15.9 Å². The van der Waals surface area contributed by atoms with Crippen molar-refractivity contribution < 1.29 is 14.3 Å². The third-order valence-electron chi connectivity index (χ3n) is 2.58. The van der Waals surface area contributed by atoms with Gasteiger partial charge in [-0.2, -0.15) is 0 Å². The van der Waals surface area contributed by atoms with Crippen molar-refractivity contribution in [2.75, 3.05) is 25.5 Å². The van der Waals surface area contributed by atoms with Crippen molar-refractivity contribution in [3.05, 3.63) is 28.5 Å². The van der Waals surface area contributed by atoms with Crippen molar-refractivity contribution >= 4 is 27.5 Å². The fourth-order valence-corrected chi connectivity index (χ4v) is 2.17. The second-order valence-electron chi connectivity index (χ2n) is 5.47. The van der Waals surface area contributed by atoms with E-state index in [0.717, 1.165) is 0 Å². The average Bonchev–Trinajstić information content (AvgIpc) is 2.28. The summed E-state index contributed by atoms with van der Waals surface area (Å²) >= 11 is 3.16. The fourth-order valence-electron chi connectivity index (χ4n) is 1.84. The molecule has 0 aliphatic heterocycles. The number of rotatable bonds is 6. The first-order chi connectivity index (χ1) is 9.17. The number of nitrogens with one attached hydrogen (secondary N) is 1. The molecule has 0 aromatic heterocycles. The molecule has 0 saturated carbocycles. The second-order valence-corrected chi connectivity index (χ2v) is 6.39. The second kappa shape index (κ2) is 7.15. The summed E-state index contributed by atoms with van der Waals surface area (Å²) in [6.45, 7) is 4.38. The normalized spacial score (nSPS) is 11.8. The molecule has 0 fully saturated rings. The Hall–Kier alpha value is -0.980. The van der Waals surface area contributed by atoms with Crippen LogP contribution < -0.4 is 5.32 Å². The van der Waals surface area contributed by atoms with Crippen molar-refractivity contribution in [3.8, 4) is 0 Å². The Morgan fingerprint density at radius 1 is 1.50 bits per heavy atom. The van der Waals surface area contributed by atoms with Gasteiger partial charge in [0.25, 0.3) is 0 Å². The van der Waals surface area contributed by atoms with Gasteiger partial charge >= 0.3 is 0 Å². The third-order valence-corrected chi connectivity index (χ3v) is 3.08. The predicted octanol–water partition coefficient (Wildman–Crippen LogP) is 2.62. The molecule has 1 amide bonds. The largest absolute Gasteiger partial charge is 0.389 e. The molecule has 0 radical (unpaired) electrons. The highest BCUT2D eigenvalue weighted by Gasteiger charge is 2.16. The zero-order valence-electron chi connectivity index (χ0n) is 11.9. The molecule has 0 atom stereocenters. The van der Waals surface area contributed by atoms with Crippen LogP contribution in [0.4, 0.5) is 10.1 Å². The van der Waals surface area contributed by atoms with Crippen LogP contribution in [0.5, 0.6) is 0 Å². The van der Waals surface area contributed by atoms with Gasteiger partial charge in [-0.1, -0.05) is 15.9 Å². The van der Waals surface area contributed by atoms with Gasteiger partial charge in [0.15, 0.2) is 0 Å². The molecule has 0 aliphatic carbocycles. The minimum Gasteiger partial charge on any atom is -0.389 e. The molecular formula is C14H20BrFN2O2. The first-order valence-electron chi connectivity index (χ1n) is 6.33. The van der Waals surface area contributed by atoms with Gasteiger partial charge in [0.2, 0.25) is 5.91 Å². The number of likely N-dealkylation sites (N-methyl/N-ethyl adjacent to an activating group) is 1. The highest BCUT2D eigenvalue weighted by Crippen LogP contribution is 2.19. The molecule has 0 saturated heterocycles. The van der Waals surface area contributed by atoms with Crippen LogP contribution in [0.15, 0.2) is 22.7 Å². The van der Waals surface area contributed by atoms with Gasteiger partial charge < -0.3 is 15.3 Å². The van der Waals surface area contributed by atoms with Crippen molar-refractivity contribution in [3.63, 3.8) is 0 Å². The van der Waals surface area contributed by atoms with E-state index in [-0.39, 0.29) is 18.0 Å². The van der Waals surface area contributed by atoms with Gasteiger partial charge in [-0.05, 0) is 39.1 Å². The number of nitrogens with zero attached hydrogens (tertiary/aromatic N) is 1. The maximum Gasteiger partial charge on any atom is 0.225 e. The maximum atomic E-state index is 13.5. The Morgan fingerprint density at radius 2 is 2.15 bits per heavy atom. The minimum atomic E-state index is -0.803. The van der Waals surface area contributed by atoms with Gasteiger partial charge in [0, 0.05) is 24.0 Å². The summed E-state index contributed by atoms with van der Waals surface area (Å²) in [5.74, 6) is -0.730. The number of carbonyl (C=O) groups excluding carboxylic acids is 1. The third kappa shape index (κ3) is 6.45. The fraction of sp³-hybridized carbons (Fsp3) is 0.500. The standard InChI is InChI=1S/C14H20BrFN2O2/c1-14(2,20)9-18(3)7-6-13(19)17-12-5-4-10(15)8-11(12)16/h4-5,8,20H,6-7,9H2,1-3H3,(H,17,19). The molecule has 4 nitrogen and oxygen atoms in total. The molecule has 1 aromatic carbocycles. The monoisotopic (exact) mass is 346 g/mol. The Bertz CT molecular complexity index is 475. The van der Waals surface area contributed by atoms with Crippen molar-refractivity contribution in [1.29, 1.82) is 0 Å². The molecule has 1 rings (SSSR count). The van der Waals surface area contributed by atoms with Crippen molar-refractivity contribution in [2.24, 2.45) is 0 Å². The first-order valence-corrected chi connectivity index (χ1v) is 7.12. The number of halogens is 2. The van der Waals surface area contributed by atoms with Crippen LogP contribution in [-0.4, -0.2) is 41.7 Å². The molecular weight excluding hydrogens is 327 g/mol. The molecule has 20 heavy (non-hydrogen) atoms. The summed E-state index contributed by atoms with van der Waals surface area (Å²) in [7, 11) is 1.82. The predicted molar refractivity (Wildman–Crippen MR) is 81.1 cm³/mol. The number of amides is 1. The number of benzene rings is 1. The number of hydrogen-bond donors (Lipinski definition) is 2. The van der Waals surface area contributed by atoms with Crippen LogP contribution in [0, 0.1) is 5.82 Å². The van der Waals surface area contributed by atoms with Crippen molar-refractivity contribution in [1.82, 2.24) is 4.90 Å². The van der Waals surface area contributed by atoms with Crippen LogP contribution in [0.2, 0.25) is 0 Å².